The molecule has 1 aliphatic carbocycles. The van der Waals surface area contributed by atoms with Crippen LogP contribution in [0, 0.1) is 0 Å². The van der Waals surface area contributed by atoms with Gasteiger partial charge in [-0.2, -0.15) is 0 Å². The van der Waals surface area contributed by atoms with E-state index in [0.29, 0.717) is 0 Å². The number of nitrogens with one attached hydrogen (secondary N) is 1. The molecule has 3 N–H and O–H groups in total. The van der Waals surface area contributed by atoms with Crippen LogP contribution in [0.25, 0.3) is 10.9 Å². The fourth-order valence-corrected chi connectivity index (χ4v) is 3.48. The minimum absolute atomic E-state index is 0.784. The maximum Gasteiger partial charge on any atom is 0.145 e. The summed E-state index contributed by atoms with van der Waals surface area (Å²) in [5.74, 6) is 6.60. The molecule has 0 atom stereocenters. The average Bonchev–Trinajstić information content (AvgIpc) is 2.70. The van der Waals surface area contributed by atoms with Crippen molar-refractivity contribution in [3.05, 3.63) is 27.9 Å². The van der Waals surface area contributed by atoms with Crippen molar-refractivity contribution in [2.75, 3.05) is 12.5 Å². The van der Waals surface area contributed by atoms with Gasteiger partial charge in [0.25, 0.3) is 0 Å². The molecule has 0 unspecified atom stereocenters. The van der Waals surface area contributed by atoms with Gasteiger partial charge in [-0.1, -0.05) is 22.4 Å². The average molecular weight is 336 g/mol. The first-order valence-electron chi connectivity index (χ1n) is 6.91. The van der Waals surface area contributed by atoms with Gasteiger partial charge in [-0.25, -0.2) is 4.98 Å². The molecule has 4 nitrogen and oxygen atoms in total. The number of nitrogens with two attached hydrogens (primary N) is 1. The zero-order valence-corrected chi connectivity index (χ0v) is 13.1. The number of anilines is 1. The fourth-order valence-electron chi connectivity index (χ4n) is 2.96. The van der Waals surface area contributed by atoms with Crippen LogP contribution in [-0.2, 0) is 12.8 Å². The number of halogens is 1. The van der Waals surface area contributed by atoms with Gasteiger partial charge in [0.2, 0.25) is 0 Å². The van der Waals surface area contributed by atoms with E-state index in [-0.39, 0.29) is 0 Å². The lowest BCUT2D eigenvalue weighted by Gasteiger charge is -2.17. The number of hydrogen-bond acceptors (Lipinski definition) is 4. The number of hydrogen-bond donors (Lipinski definition) is 2. The van der Waals surface area contributed by atoms with Crippen LogP contribution in [-0.4, -0.2) is 12.1 Å². The fraction of sp³-hybridized carbons (Fsp3) is 0.400. The summed E-state index contributed by atoms with van der Waals surface area (Å²) in [5, 5.41) is 1.01. The first kappa shape index (κ1) is 13.6. The highest BCUT2D eigenvalue weighted by molar-refractivity contribution is 9.10. The quantitative estimate of drug-likeness (QED) is 0.500. The molecule has 0 radical (unpaired) electrons. The van der Waals surface area contributed by atoms with Crippen LogP contribution >= 0.6 is 15.9 Å². The van der Waals surface area contributed by atoms with Crippen molar-refractivity contribution < 1.29 is 4.74 Å². The molecular formula is C15H18BrN3O. The lowest BCUT2D eigenvalue weighted by molar-refractivity contribution is 0.418. The Hall–Kier alpha value is -1.33. The molecule has 1 heterocycles. The van der Waals surface area contributed by atoms with Crippen LogP contribution in [0.15, 0.2) is 16.6 Å². The Bertz CT molecular complexity index is 657. The van der Waals surface area contributed by atoms with Crippen molar-refractivity contribution in [1.29, 1.82) is 0 Å². The second-order valence-corrected chi connectivity index (χ2v) is 5.94. The number of ether oxygens (including phenoxy) is 1. The third-order valence-electron chi connectivity index (χ3n) is 3.94. The lowest BCUT2D eigenvalue weighted by atomic mass is 10.0. The van der Waals surface area contributed by atoms with Gasteiger partial charge >= 0.3 is 0 Å². The first-order valence-corrected chi connectivity index (χ1v) is 7.70. The minimum Gasteiger partial charge on any atom is -0.494 e. The number of methoxy groups -OCH3 is 1. The molecule has 0 saturated carbocycles. The third-order valence-corrected chi connectivity index (χ3v) is 4.60. The molecule has 3 rings (SSSR count). The van der Waals surface area contributed by atoms with Crippen molar-refractivity contribution in [2.24, 2.45) is 5.84 Å². The van der Waals surface area contributed by atoms with Crippen molar-refractivity contribution in [1.82, 2.24) is 4.98 Å². The van der Waals surface area contributed by atoms with Gasteiger partial charge < -0.3 is 10.2 Å². The number of rotatable bonds is 2. The molecule has 1 aromatic heterocycles. The summed E-state index contributed by atoms with van der Waals surface area (Å²) in [5.41, 5.74) is 7.16. The molecule has 0 saturated heterocycles. The Kier molecular flexibility index (Phi) is 3.81. The van der Waals surface area contributed by atoms with Crippen LogP contribution in [0.1, 0.15) is 30.5 Å². The molecule has 1 aromatic carbocycles. The van der Waals surface area contributed by atoms with E-state index in [2.05, 4.69) is 21.4 Å². The number of hydrazine groups is 1. The van der Waals surface area contributed by atoms with Gasteiger partial charge in [0.05, 0.1) is 12.8 Å². The normalized spacial score (nSPS) is 14.8. The van der Waals surface area contributed by atoms with Crippen molar-refractivity contribution in [2.45, 2.75) is 32.1 Å². The van der Waals surface area contributed by atoms with Crippen molar-refractivity contribution in [3.8, 4) is 5.75 Å². The van der Waals surface area contributed by atoms with Crippen LogP contribution in [0.5, 0.6) is 5.75 Å². The van der Waals surface area contributed by atoms with E-state index in [0.717, 1.165) is 45.3 Å². The van der Waals surface area contributed by atoms with Gasteiger partial charge in [-0.05, 0) is 43.4 Å². The first-order chi connectivity index (χ1) is 9.76. The Balaban J connectivity index is 2.38. The van der Waals surface area contributed by atoms with Crippen LogP contribution in [0.3, 0.4) is 0 Å². The van der Waals surface area contributed by atoms with Crippen molar-refractivity contribution in [3.63, 3.8) is 0 Å². The number of nitrogens with zero attached hydrogens (tertiary/aromatic N) is 1. The number of fused-ring (bicyclic) bond motifs is 2. The predicted molar refractivity (Wildman–Crippen MR) is 85.1 cm³/mol. The molecular weight excluding hydrogens is 318 g/mol. The third kappa shape index (κ3) is 2.15. The summed E-state index contributed by atoms with van der Waals surface area (Å²) in [6.07, 6.45) is 5.66. The monoisotopic (exact) mass is 335 g/mol. The van der Waals surface area contributed by atoms with Gasteiger partial charge in [0.15, 0.2) is 0 Å². The van der Waals surface area contributed by atoms with Gasteiger partial charge in [0.1, 0.15) is 11.3 Å². The largest absolute Gasteiger partial charge is 0.494 e. The maximum atomic E-state index is 5.81. The zero-order chi connectivity index (χ0) is 14.1. The van der Waals surface area contributed by atoms with E-state index in [1.54, 1.807) is 7.11 Å². The highest BCUT2D eigenvalue weighted by Gasteiger charge is 2.20. The summed E-state index contributed by atoms with van der Waals surface area (Å²) in [6.45, 7) is 0. The summed E-state index contributed by atoms with van der Waals surface area (Å²) in [7, 11) is 1.67. The van der Waals surface area contributed by atoms with E-state index in [1.165, 1.54) is 24.8 Å². The summed E-state index contributed by atoms with van der Waals surface area (Å²) in [6, 6.07) is 3.91. The van der Waals surface area contributed by atoms with E-state index >= 15 is 0 Å². The van der Waals surface area contributed by atoms with E-state index in [4.69, 9.17) is 15.6 Å². The van der Waals surface area contributed by atoms with Gasteiger partial charge in [0, 0.05) is 15.6 Å². The highest BCUT2D eigenvalue weighted by Crippen LogP contribution is 2.39. The van der Waals surface area contributed by atoms with E-state index in [1.807, 2.05) is 12.1 Å². The molecule has 2 aromatic rings. The lowest BCUT2D eigenvalue weighted by Crippen LogP contribution is -2.12. The molecule has 20 heavy (non-hydrogen) atoms. The number of nitrogen functional groups attached to an aromatic ring is 1. The number of aromatic nitrogens is 1. The maximum absolute atomic E-state index is 5.81. The van der Waals surface area contributed by atoms with Crippen LogP contribution < -0.4 is 16.0 Å². The Labute approximate surface area is 126 Å². The highest BCUT2D eigenvalue weighted by atomic mass is 79.9. The standard InChI is InChI=1S/C15H18BrN3O/c1-20-12-8-7-10(16)13-14(19-17)9-5-3-2-4-6-11(9)18-15(12)13/h7-8H,2-6,17H2,1H3,(H,18,19). The number of benzene rings is 1. The Morgan fingerprint density at radius 3 is 2.80 bits per heavy atom. The summed E-state index contributed by atoms with van der Waals surface area (Å²) in [4.78, 5) is 4.87. The van der Waals surface area contributed by atoms with E-state index < -0.39 is 0 Å². The molecule has 0 bridgehead atoms. The molecule has 5 heteroatoms. The Morgan fingerprint density at radius 1 is 1.25 bits per heavy atom. The minimum atomic E-state index is 0.784. The second kappa shape index (κ2) is 5.58. The topological polar surface area (TPSA) is 60.2 Å². The Morgan fingerprint density at radius 2 is 2.05 bits per heavy atom. The molecule has 0 amide bonds. The molecule has 0 fully saturated rings. The molecule has 1 aliphatic rings. The smallest absolute Gasteiger partial charge is 0.145 e. The number of pyridine rings is 1. The molecule has 0 spiro atoms. The van der Waals surface area contributed by atoms with Crippen molar-refractivity contribution >= 4 is 32.5 Å². The molecule has 0 aliphatic heterocycles. The van der Waals surface area contributed by atoms with Crippen LogP contribution in [0.2, 0.25) is 0 Å². The number of aryl methyl sites for hydroxylation is 1. The van der Waals surface area contributed by atoms with Crippen LogP contribution in [0.4, 0.5) is 5.69 Å². The zero-order valence-electron chi connectivity index (χ0n) is 11.5. The van der Waals surface area contributed by atoms with Gasteiger partial charge in [-0.3, -0.25) is 5.84 Å². The second-order valence-electron chi connectivity index (χ2n) is 5.09. The van der Waals surface area contributed by atoms with Gasteiger partial charge in [-0.15, -0.1) is 0 Å². The predicted octanol–water partition coefficient (Wildman–Crippen LogP) is 3.56. The van der Waals surface area contributed by atoms with E-state index in [9.17, 15) is 0 Å². The molecule has 106 valence electrons. The summed E-state index contributed by atoms with van der Waals surface area (Å²) >= 11 is 3.61. The summed E-state index contributed by atoms with van der Waals surface area (Å²) < 4.78 is 6.44. The SMILES string of the molecule is COc1ccc(Br)c2c(NN)c3c(nc12)CCCCC3.